The third-order valence-corrected chi connectivity index (χ3v) is 2.62. The van der Waals surface area contributed by atoms with Gasteiger partial charge in [-0.1, -0.05) is 6.07 Å². The molecule has 5 nitrogen and oxygen atoms in total. The summed E-state index contributed by atoms with van der Waals surface area (Å²) in [5.41, 5.74) is 1.54. The van der Waals surface area contributed by atoms with E-state index in [0.29, 0.717) is 4.47 Å². The summed E-state index contributed by atoms with van der Waals surface area (Å²) >= 11 is 3.13. The average molecular weight is 268 g/mol. The van der Waals surface area contributed by atoms with Crippen molar-refractivity contribution in [3.05, 3.63) is 45.3 Å². The number of halogens is 1. The Bertz CT molecular complexity index is 496. The highest BCUT2D eigenvalue weighted by Crippen LogP contribution is 2.29. The minimum absolute atomic E-state index is 0.0436. The molecule has 1 N–H and O–H groups in total. The Balaban J connectivity index is 2.52. The van der Waals surface area contributed by atoms with Crippen LogP contribution in [0.1, 0.15) is 0 Å². The van der Waals surface area contributed by atoms with E-state index in [0.717, 1.165) is 11.3 Å². The number of hydrogen-bond donors (Lipinski definition) is 1. The molecule has 0 aliphatic rings. The Morgan fingerprint density at radius 3 is 2.87 bits per heavy atom. The van der Waals surface area contributed by atoms with Crippen molar-refractivity contribution < 1.29 is 4.92 Å². The van der Waals surface area contributed by atoms with Gasteiger partial charge in [0.25, 0.3) is 5.69 Å². The third kappa shape index (κ3) is 1.89. The molecule has 0 unspecified atom stereocenters. The molecule has 0 amide bonds. The van der Waals surface area contributed by atoms with Crippen molar-refractivity contribution >= 4 is 21.6 Å². The topological polar surface area (TPSA) is 71.8 Å². The first-order chi connectivity index (χ1) is 7.18. The van der Waals surface area contributed by atoms with Crippen molar-refractivity contribution in [2.24, 2.45) is 0 Å². The maximum atomic E-state index is 10.7. The number of nitro benzene ring substituents is 1. The van der Waals surface area contributed by atoms with Gasteiger partial charge in [-0.3, -0.25) is 10.1 Å². The van der Waals surface area contributed by atoms with E-state index >= 15 is 0 Å². The second-order valence-corrected chi connectivity index (χ2v) is 3.74. The molecule has 1 aromatic carbocycles. The minimum Gasteiger partial charge on any atom is -0.345 e. The summed E-state index contributed by atoms with van der Waals surface area (Å²) in [6.07, 6.45) is 3.15. The lowest BCUT2D eigenvalue weighted by Gasteiger charge is -1.99. The number of aromatic nitrogens is 2. The van der Waals surface area contributed by atoms with Crippen molar-refractivity contribution in [1.82, 2.24) is 9.97 Å². The molecule has 0 bridgehead atoms. The van der Waals surface area contributed by atoms with Crippen LogP contribution < -0.4 is 0 Å². The zero-order valence-electron chi connectivity index (χ0n) is 7.48. The number of nitrogens with zero attached hydrogens (tertiary/aromatic N) is 2. The van der Waals surface area contributed by atoms with E-state index in [1.54, 1.807) is 18.3 Å². The van der Waals surface area contributed by atoms with Crippen LogP contribution in [0.4, 0.5) is 5.69 Å². The molecule has 0 saturated heterocycles. The SMILES string of the molecule is O=[N+]([O-])c1cc(-c2cnc[nH]2)ccc1Br. The van der Waals surface area contributed by atoms with Crippen molar-refractivity contribution in [3.63, 3.8) is 0 Å². The fourth-order valence-corrected chi connectivity index (χ4v) is 1.63. The number of aromatic amines is 1. The van der Waals surface area contributed by atoms with E-state index in [1.165, 1.54) is 12.4 Å². The number of hydrogen-bond acceptors (Lipinski definition) is 3. The molecule has 2 rings (SSSR count). The van der Waals surface area contributed by atoms with Crippen molar-refractivity contribution in [2.75, 3.05) is 0 Å². The van der Waals surface area contributed by atoms with E-state index in [4.69, 9.17) is 0 Å². The summed E-state index contributed by atoms with van der Waals surface area (Å²) in [5, 5.41) is 10.7. The summed E-state index contributed by atoms with van der Waals surface area (Å²) < 4.78 is 0.468. The molecule has 15 heavy (non-hydrogen) atoms. The molecular weight excluding hydrogens is 262 g/mol. The largest absolute Gasteiger partial charge is 0.345 e. The van der Waals surface area contributed by atoms with Gasteiger partial charge in [0.15, 0.2) is 0 Å². The predicted molar refractivity (Wildman–Crippen MR) is 58.4 cm³/mol. The van der Waals surface area contributed by atoms with Gasteiger partial charge < -0.3 is 4.98 Å². The van der Waals surface area contributed by atoms with Gasteiger partial charge in [-0.15, -0.1) is 0 Å². The van der Waals surface area contributed by atoms with Crippen molar-refractivity contribution in [2.45, 2.75) is 0 Å². The molecule has 0 spiro atoms. The van der Waals surface area contributed by atoms with Gasteiger partial charge in [0.2, 0.25) is 0 Å². The molecule has 1 heterocycles. The standard InChI is InChI=1S/C9H6BrN3O2/c10-7-2-1-6(3-9(7)13(14)15)8-4-11-5-12-8/h1-5H,(H,11,12). The Hall–Kier alpha value is -1.69. The predicted octanol–water partition coefficient (Wildman–Crippen LogP) is 2.75. The van der Waals surface area contributed by atoms with E-state index in [2.05, 4.69) is 25.9 Å². The number of benzene rings is 1. The summed E-state index contributed by atoms with van der Waals surface area (Å²) in [7, 11) is 0. The van der Waals surface area contributed by atoms with E-state index in [-0.39, 0.29) is 5.69 Å². The van der Waals surface area contributed by atoms with Gasteiger partial charge in [-0.05, 0) is 22.0 Å². The smallest absolute Gasteiger partial charge is 0.284 e. The van der Waals surface area contributed by atoms with Gasteiger partial charge in [-0.25, -0.2) is 4.98 Å². The Labute approximate surface area is 93.4 Å². The second kappa shape index (κ2) is 3.82. The maximum absolute atomic E-state index is 10.7. The molecule has 76 valence electrons. The van der Waals surface area contributed by atoms with Gasteiger partial charge in [0.05, 0.1) is 27.6 Å². The van der Waals surface area contributed by atoms with Crippen LogP contribution in [0.2, 0.25) is 0 Å². The highest BCUT2D eigenvalue weighted by Gasteiger charge is 2.13. The van der Waals surface area contributed by atoms with Gasteiger partial charge in [0, 0.05) is 11.6 Å². The first kappa shape index (κ1) is 9.85. The van der Waals surface area contributed by atoms with Crippen molar-refractivity contribution in [3.8, 4) is 11.3 Å². The first-order valence-electron chi connectivity index (χ1n) is 4.11. The Morgan fingerprint density at radius 2 is 2.27 bits per heavy atom. The summed E-state index contributed by atoms with van der Waals surface area (Å²) in [5.74, 6) is 0. The van der Waals surface area contributed by atoms with Gasteiger partial charge in [0.1, 0.15) is 0 Å². The molecular formula is C9H6BrN3O2. The fraction of sp³-hybridized carbons (Fsp3) is 0. The van der Waals surface area contributed by atoms with Crippen LogP contribution >= 0.6 is 15.9 Å². The quantitative estimate of drug-likeness (QED) is 0.672. The number of rotatable bonds is 2. The Kier molecular flexibility index (Phi) is 2.51. The maximum Gasteiger partial charge on any atom is 0.284 e. The van der Waals surface area contributed by atoms with Crippen LogP contribution in [-0.4, -0.2) is 14.9 Å². The molecule has 6 heteroatoms. The third-order valence-electron chi connectivity index (χ3n) is 1.95. The molecule has 0 saturated carbocycles. The lowest BCUT2D eigenvalue weighted by atomic mass is 10.1. The molecule has 1 aromatic heterocycles. The number of H-pyrrole nitrogens is 1. The number of imidazole rings is 1. The molecule has 0 atom stereocenters. The number of nitrogens with one attached hydrogen (secondary N) is 1. The lowest BCUT2D eigenvalue weighted by Crippen LogP contribution is -1.90. The summed E-state index contributed by atoms with van der Waals surface area (Å²) in [6.45, 7) is 0. The van der Waals surface area contributed by atoms with E-state index in [9.17, 15) is 10.1 Å². The van der Waals surface area contributed by atoms with Gasteiger partial charge in [-0.2, -0.15) is 0 Å². The van der Waals surface area contributed by atoms with Gasteiger partial charge >= 0.3 is 0 Å². The lowest BCUT2D eigenvalue weighted by molar-refractivity contribution is -0.385. The van der Waals surface area contributed by atoms with Crippen LogP contribution in [0.25, 0.3) is 11.3 Å². The van der Waals surface area contributed by atoms with Crippen LogP contribution in [0.3, 0.4) is 0 Å². The van der Waals surface area contributed by atoms with Crippen LogP contribution in [0.15, 0.2) is 35.2 Å². The molecule has 0 aliphatic carbocycles. The van der Waals surface area contributed by atoms with Crippen LogP contribution in [-0.2, 0) is 0 Å². The van der Waals surface area contributed by atoms with E-state index in [1.807, 2.05) is 0 Å². The molecule has 0 fully saturated rings. The molecule has 0 aliphatic heterocycles. The minimum atomic E-state index is -0.427. The number of nitro groups is 1. The van der Waals surface area contributed by atoms with Crippen LogP contribution in [0, 0.1) is 10.1 Å². The summed E-state index contributed by atoms with van der Waals surface area (Å²) in [6, 6.07) is 4.93. The zero-order valence-corrected chi connectivity index (χ0v) is 9.06. The zero-order chi connectivity index (χ0) is 10.8. The monoisotopic (exact) mass is 267 g/mol. The fourth-order valence-electron chi connectivity index (χ4n) is 1.23. The van der Waals surface area contributed by atoms with Crippen molar-refractivity contribution in [1.29, 1.82) is 0 Å². The first-order valence-corrected chi connectivity index (χ1v) is 4.90. The highest BCUT2D eigenvalue weighted by molar-refractivity contribution is 9.10. The average Bonchev–Trinajstić information content (AvgIpc) is 2.71. The van der Waals surface area contributed by atoms with E-state index < -0.39 is 4.92 Å². The highest BCUT2D eigenvalue weighted by atomic mass is 79.9. The molecule has 2 aromatic rings. The molecule has 0 radical (unpaired) electrons. The summed E-state index contributed by atoms with van der Waals surface area (Å²) in [4.78, 5) is 17.0. The van der Waals surface area contributed by atoms with Crippen LogP contribution in [0.5, 0.6) is 0 Å². The second-order valence-electron chi connectivity index (χ2n) is 2.89. The normalized spacial score (nSPS) is 10.2. The Morgan fingerprint density at radius 1 is 1.47 bits per heavy atom.